The lowest BCUT2D eigenvalue weighted by Crippen LogP contribution is -2.24. The number of aryl methyl sites for hydroxylation is 2. The van der Waals surface area contributed by atoms with Gasteiger partial charge in [0.1, 0.15) is 5.75 Å². The van der Waals surface area contributed by atoms with Crippen molar-refractivity contribution in [3.05, 3.63) is 29.3 Å². The van der Waals surface area contributed by atoms with Gasteiger partial charge >= 0.3 is 6.36 Å². The van der Waals surface area contributed by atoms with Gasteiger partial charge < -0.3 is 10.5 Å². The van der Waals surface area contributed by atoms with Crippen LogP contribution in [0.2, 0.25) is 0 Å². The lowest BCUT2D eigenvalue weighted by molar-refractivity contribution is -0.274. The van der Waals surface area contributed by atoms with Gasteiger partial charge in [0.05, 0.1) is 0 Å². The number of halogens is 3. The summed E-state index contributed by atoms with van der Waals surface area (Å²) in [5, 5.41) is 0. The van der Waals surface area contributed by atoms with E-state index >= 15 is 0 Å². The molecule has 0 spiro atoms. The standard InChI is InChI=1S/C14H20F3NO/c1-10-4-5-12(19-14(15,16)17)8-11(10)6-7-13(2,3)9-18/h4-5,8H,6-7,9,18H2,1-3H3. The van der Waals surface area contributed by atoms with Gasteiger partial charge in [0.15, 0.2) is 0 Å². The van der Waals surface area contributed by atoms with Crippen molar-refractivity contribution in [2.75, 3.05) is 6.54 Å². The van der Waals surface area contributed by atoms with Crippen LogP contribution in [0.25, 0.3) is 0 Å². The summed E-state index contributed by atoms with van der Waals surface area (Å²) in [6.45, 7) is 6.50. The van der Waals surface area contributed by atoms with Crippen LogP contribution in [0.4, 0.5) is 13.2 Å². The molecule has 1 aromatic carbocycles. The second-order valence-electron chi connectivity index (χ2n) is 5.50. The van der Waals surface area contributed by atoms with E-state index in [-0.39, 0.29) is 11.2 Å². The molecule has 108 valence electrons. The monoisotopic (exact) mass is 275 g/mol. The Morgan fingerprint density at radius 2 is 1.84 bits per heavy atom. The molecule has 0 saturated heterocycles. The Morgan fingerprint density at radius 3 is 2.37 bits per heavy atom. The minimum Gasteiger partial charge on any atom is -0.406 e. The Morgan fingerprint density at radius 1 is 1.21 bits per heavy atom. The van der Waals surface area contributed by atoms with Gasteiger partial charge in [-0.15, -0.1) is 13.2 Å². The normalized spacial score (nSPS) is 12.6. The minimum atomic E-state index is -4.65. The first-order chi connectivity index (χ1) is 8.63. The van der Waals surface area contributed by atoms with Gasteiger partial charge in [-0.2, -0.15) is 0 Å². The molecule has 0 atom stereocenters. The van der Waals surface area contributed by atoms with Crippen molar-refractivity contribution in [2.45, 2.75) is 40.0 Å². The zero-order valence-electron chi connectivity index (χ0n) is 11.5. The first-order valence-electron chi connectivity index (χ1n) is 6.18. The van der Waals surface area contributed by atoms with Crippen LogP contribution in [-0.4, -0.2) is 12.9 Å². The van der Waals surface area contributed by atoms with Gasteiger partial charge in [-0.1, -0.05) is 19.9 Å². The molecule has 0 saturated carbocycles. The van der Waals surface area contributed by atoms with Crippen LogP contribution >= 0.6 is 0 Å². The molecule has 0 aliphatic heterocycles. The van der Waals surface area contributed by atoms with Crippen LogP contribution in [0.1, 0.15) is 31.4 Å². The fourth-order valence-electron chi connectivity index (χ4n) is 1.69. The van der Waals surface area contributed by atoms with Crippen molar-refractivity contribution in [3.63, 3.8) is 0 Å². The van der Waals surface area contributed by atoms with E-state index in [1.807, 2.05) is 20.8 Å². The number of benzene rings is 1. The zero-order chi connectivity index (χ0) is 14.7. The maximum atomic E-state index is 12.2. The summed E-state index contributed by atoms with van der Waals surface area (Å²) in [7, 11) is 0. The van der Waals surface area contributed by atoms with Crippen LogP contribution < -0.4 is 10.5 Å². The smallest absolute Gasteiger partial charge is 0.406 e. The summed E-state index contributed by atoms with van der Waals surface area (Å²) in [5.74, 6) is -0.168. The van der Waals surface area contributed by atoms with E-state index in [4.69, 9.17) is 5.73 Å². The van der Waals surface area contributed by atoms with Crippen LogP contribution in [0, 0.1) is 12.3 Å². The summed E-state index contributed by atoms with van der Waals surface area (Å²) in [4.78, 5) is 0. The Labute approximate surface area is 111 Å². The summed E-state index contributed by atoms with van der Waals surface area (Å²) < 4.78 is 40.4. The van der Waals surface area contributed by atoms with E-state index in [0.717, 1.165) is 17.5 Å². The number of nitrogens with two attached hydrogens (primary N) is 1. The van der Waals surface area contributed by atoms with Crippen LogP contribution in [-0.2, 0) is 6.42 Å². The molecule has 0 aromatic heterocycles. The van der Waals surface area contributed by atoms with Crippen LogP contribution in [0.3, 0.4) is 0 Å². The molecule has 2 N–H and O–H groups in total. The number of ether oxygens (including phenoxy) is 1. The number of alkyl halides is 3. The Kier molecular flexibility index (Phi) is 4.85. The van der Waals surface area contributed by atoms with Gasteiger partial charge in [-0.05, 0) is 55.0 Å². The van der Waals surface area contributed by atoms with Crippen molar-refractivity contribution < 1.29 is 17.9 Å². The number of hydrogen-bond acceptors (Lipinski definition) is 2. The highest BCUT2D eigenvalue weighted by molar-refractivity contribution is 5.35. The molecule has 1 aromatic rings. The molecule has 0 bridgehead atoms. The van der Waals surface area contributed by atoms with Crippen molar-refractivity contribution in [2.24, 2.45) is 11.1 Å². The van der Waals surface area contributed by atoms with E-state index in [0.29, 0.717) is 13.0 Å². The molecular formula is C14H20F3NO. The molecule has 0 heterocycles. The highest BCUT2D eigenvalue weighted by atomic mass is 19.4. The molecule has 5 heteroatoms. The SMILES string of the molecule is Cc1ccc(OC(F)(F)F)cc1CCC(C)(C)CN. The molecule has 0 radical (unpaired) electrons. The second-order valence-corrected chi connectivity index (χ2v) is 5.50. The molecular weight excluding hydrogens is 255 g/mol. The third-order valence-electron chi connectivity index (χ3n) is 3.18. The van der Waals surface area contributed by atoms with Gasteiger partial charge in [-0.25, -0.2) is 0 Å². The highest BCUT2D eigenvalue weighted by Crippen LogP contribution is 2.27. The maximum absolute atomic E-state index is 12.2. The molecule has 0 fully saturated rings. The van der Waals surface area contributed by atoms with Crippen molar-refractivity contribution in [1.82, 2.24) is 0 Å². The third-order valence-corrected chi connectivity index (χ3v) is 3.18. The number of hydrogen-bond donors (Lipinski definition) is 1. The molecule has 0 unspecified atom stereocenters. The Bertz CT molecular complexity index is 427. The lowest BCUT2D eigenvalue weighted by Gasteiger charge is -2.22. The van der Waals surface area contributed by atoms with Gasteiger partial charge in [0, 0.05) is 0 Å². The van der Waals surface area contributed by atoms with E-state index in [9.17, 15) is 13.2 Å². The topological polar surface area (TPSA) is 35.2 Å². The molecule has 19 heavy (non-hydrogen) atoms. The first-order valence-corrected chi connectivity index (χ1v) is 6.18. The highest BCUT2D eigenvalue weighted by Gasteiger charge is 2.31. The van der Waals surface area contributed by atoms with E-state index < -0.39 is 6.36 Å². The summed E-state index contributed by atoms with van der Waals surface area (Å²) >= 11 is 0. The average Bonchev–Trinajstić information content (AvgIpc) is 2.28. The summed E-state index contributed by atoms with van der Waals surface area (Å²) in [5.41, 5.74) is 7.45. The third kappa shape index (κ3) is 5.51. The molecule has 0 amide bonds. The summed E-state index contributed by atoms with van der Waals surface area (Å²) in [6.07, 6.45) is -3.14. The fraction of sp³-hybridized carbons (Fsp3) is 0.571. The largest absolute Gasteiger partial charge is 0.573 e. The molecule has 2 nitrogen and oxygen atoms in total. The van der Waals surface area contributed by atoms with Crippen molar-refractivity contribution in [3.8, 4) is 5.75 Å². The first kappa shape index (κ1) is 15.8. The lowest BCUT2D eigenvalue weighted by atomic mass is 9.86. The average molecular weight is 275 g/mol. The zero-order valence-corrected chi connectivity index (χ0v) is 11.5. The molecule has 1 rings (SSSR count). The van der Waals surface area contributed by atoms with Gasteiger partial charge in [-0.3, -0.25) is 0 Å². The number of rotatable bonds is 5. The van der Waals surface area contributed by atoms with E-state index in [2.05, 4.69) is 4.74 Å². The van der Waals surface area contributed by atoms with Gasteiger partial charge in [0.2, 0.25) is 0 Å². The molecule has 0 aliphatic rings. The fourth-order valence-corrected chi connectivity index (χ4v) is 1.69. The Hall–Kier alpha value is -1.23. The predicted octanol–water partition coefficient (Wildman–Crippen LogP) is 3.81. The Balaban J connectivity index is 2.80. The predicted molar refractivity (Wildman–Crippen MR) is 69.0 cm³/mol. The van der Waals surface area contributed by atoms with Crippen molar-refractivity contribution >= 4 is 0 Å². The second kappa shape index (κ2) is 5.82. The van der Waals surface area contributed by atoms with Gasteiger partial charge in [0.25, 0.3) is 0 Å². The van der Waals surface area contributed by atoms with E-state index in [1.54, 1.807) is 6.07 Å². The quantitative estimate of drug-likeness (QED) is 0.886. The maximum Gasteiger partial charge on any atom is 0.573 e. The van der Waals surface area contributed by atoms with Crippen LogP contribution in [0.5, 0.6) is 5.75 Å². The molecule has 0 aliphatic carbocycles. The minimum absolute atomic E-state index is 0.0205. The summed E-state index contributed by atoms with van der Waals surface area (Å²) in [6, 6.07) is 4.43. The van der Waals surface area contributed by atoms with Crippen molar-refractivity contribution in [1.29, 1.82) is 0 Å². The van der Waals surface area contributed by atoms with E-state index in [1.165, 1.54) is 12.1 Å². The van der Waals surface area contributed by atoms with Crippen LogP contribution in [0.15, 0.2) is 18.2 Å².